The summed E-state index contributed by atoms with van der Waals surface area (Å²) in [6.45, 7) is 3.41. The number of rotatable bonds is 7. The number of Topliss-reactive ketones (excluding diaryl/α,β-unsaturated/α-hetero) is 1. The van der Waals surface area contributed by atoms with Gasteiger partial charge in [0.15, 0.2) is 5.78 Å². The van der Waals surface area contributed by atoms with E-state index in [-0.39, 0.29) is 30.7 Å². The summed E-state index contributed by atoms with van der Waals surface area (Å²) >= 11 is 1.43. The maximum atomic E-state index is 12.0. The zero-order valence-electron chi connectivity index (χ0n) is 12.2. The summed E-state index contributed by atoms with van der Waals surface area (Å²) in [5, 5.41) is 1.88. The number of nitrogens with zero attached hydrogens (tertiary/aromatic N) is 2. The number of ketones is 1. The maximum Gasteiger partial charge on any atom is 0.242 e. The van der Waals surface area contributed by atoms with Gasteiger partial charge in [-0.1, -0.05) is 13.0 Å². The van der Waals surface area contributed by atoms with Crippen LogP contribution in [0.4, 0.5) is 0 Å². The molecule has 0 saturated carbocycles. The Morgan fingerprint density at radius 2 is 1.86 bits per heavy atom. The van der Waals surface area contributed by atoms with Crippen LogP contribution in [-0.2, 0) is 9.59 Å². The Labute approximate surface area is 128 Å². The van der Waals surface area contributed by atoms with Crippen molar-refractivity contribution in [3.05, 3.63) is 22.4 Å². The van der Waals surface area contributed by atoms with Gasteiger partial charge in [0, 0.05) is 19.5 Å². The molecule has 2 amide bonds. The summed E-state index contributed by atoms with van der Waals surface area (Å²) in [5.74, 6) is 0.0843. The maximum absolute atomic E-state index is 12.0. The first-order valence-electron chi connectivity index (χ1n) is 7.24. The molecule has 2 rings (SSSR count). The van der Waals surface area contributed by atoms with Crippen LogP contribution in [0.5, 0.6) is 0 Å². The lowest BCUT2D eigenvalue weighted by atomic mass is 10.1. The van der Waals surface area contributed by atoms with Crippen molar-refractivity contribution in [1.29, 1.82) is 0 Å². The quantitative estimate of drug-likeness (QED) is 0.722. The van der Waals surface area contributed by atoms with E-state index in [2.05, 4.69) is 0 Å². The number of amides is 2. The summed E-state index contributed by atoms with van der Waals surface area (Å²) in [6.07, 6.45) is 1.87. The van der Waals surface area contributed by atoms with Gasteiger partial charge in [-0.25, -0.2) is 0 Å². The Bertz CT molecular complexity index is 513. The monoisotopic (exact) mass is 308 g/mol. The Morgan fingerprint density at radius 3 is 2.43 bits per heavy atom. The van der Waals surface area contributed by atoms with E-state index in [0.29, 0.717) is 25.9 Å². The molecule has 1 saturated heterocycles. The summed E-state index contributed by atoms with van der Waals surface area (Å²) < 4.78 is 0. The highest BCUT2D eigenvalue weighted by molar-refractivity contribution is 7.12. The second-order valence-electron chi connectivity index (χ2n) is 5.13. The molecule has 0 aromatic carbocycles. The van der Waals surface area contributed by atoms with E-state index in [1.54, 1.807) is 9.80 Å². The summed E-state index contributed by atoms with van der Waals surface area (Å²) in [6, 6.07) is 3.66. The lowest BCUT2D eigenvalue weighted by Gasteiger charge is -2.33. The lowest BCUT2D eigenvalue weighted by Crippen LogP contribution is -2.54. The van der Waals surface area contributed by atoms with Gasteiger partial charge in [0.2, 0.25) is 11.8 Å². The molecule has 1 aliphatic heterocycles. The molecule has 0 aliphatic carbocycles. The highest BCUT2D eigenvalue weighted by Crippen LogP contribution is 2.13. The molecule has 0 bridgehead atoms. The molecule has 0 N–H and O–H groups in total. The predicted molar refractivity (Wildman–Crippen MR) is 81.3 cm³/mol. The van der Waals surface area contributed by atoms with Gasteiger partial charge >= 0.3 is 0 Å². The van der Waals surface area contributed by atoms with E-state index >= 15 is 0 Å². The minimum Gasteiger partial charge on any atom is -0.332 e. The van der Waals surface area contributed by atoms with Crippen LogP contribution in [0.3, 0.4) is 0 Å². The second kappa shape index (κ2) is 7.36. The van der Waals surface area contributed by atoms with Crippen molar-refractivity contribution < 1.29 is 14.4 Å². The number of carbonyl (C=O) groups excluding carboxylic acids is 3. The predicted octanol–water partition coefficient (Wildman–Crippen LogP) is 1.79. The number of piperazine rings is 1. The van der Waals surface area contributed by atoms with Gasteiger partial charge in [0.05, 0.1) is 18.0 Å². The summed E-state index contributed by atoms with van der Waals surface area (Å²) in [4.78, 5) is 39.7. The van der Waals surface area contributed by atoms with Crippen molar-refractivity contribution in [1.82, 2.24) is 9.80 Å². The molecule has 2 heterocycles. The third-order valence-electron chi connectivity index (χ3n) is 3.48. The Morgan fingerprint density at radius 1 is 1.19 bits per heavy atom. The minimum absolute atomic E-state index is 0.000957. The van der Waals surface area contributed by atoms with E-state index in [1.807, 2.05) is 24.4 Å². The average molecular weight is 308 g/mol. The highest BCUT2D eigenvalue weighted by Gasteiger charge is 2.28. The van der Waals surface area contributed by atoms with E-state index in [1.165, 1.54) is 11.3 Å². The van der Waals surface area contributed by atoms with Gasteiger partial charge in [-0.05, 0) is 24.3 Å². The average Bonchev–Trinajstić information content (AvgIpc) is 2.98. The van der Waals surface area contributed by atoms with Crippen molar-refractivity contribution in [2.24, 2.45) is 0 Å². The molecular weight excluding hydrogens is 288 g/mol. The fraction of sp³-hybridized carbons (Fsp3) is 0.533. The molecule has 0 radical (unpaired) electrons. The van der Waals surface area contributed by atoms with Crippen LogP contribution in [0, 0.1) is 0 Å². The molecule has 0 unspecified atom stereocenters. The van der Waals surface area contributed by atoms with Gasteiger partial charge in [0.25, 0.3) is 0 Å². The Kier molecular flexibility index (Phi) is 5.50. The van der Waals surface area contributed by atoms with Crippen LogP contribution >= 0.6 is 11.3 Å². The first kappa shape index (κ1) is 15.7. The van der Waals surface area contributed by atoms with E-state index in [9.17, 15) is 14.4 Å². The first-order chi connectivity index (χ1) is 10.1. The molecule has 21 heavy (non-hydrogen) atoms. The molecule has 5 nitrogen and oxygen atoms in total. The standard InChI is InChI=1S/C15H20N2O3S/c1-2-7-16-10-15(20)17(11-14(16)19)8-3-5-12(18)13-6-4-9-21-13/h4,6,9H,2-3,5,7-8,10-11H2,1H3. The van der Waals surface area contributed by atoms with Crippen molar-refractivity contribution in [3.63, 3.8) is 0 Å². The summed E-state index contributed by atoms with van der Waals surface area (Å²) in [7, 11) is 0. The third-order valence-corrected chi connectivity index (χ3v) is 4.39. The Balaban J connectivity index is 1.77. The zero-order chi connectivity index (χ0) is 15.2. The van der Waals surface area contributed by atoms with Gasteiger partial charge in [0.1, 0.15) is 0 Å². The van der Waals surface area contributed by atoms with Gasteiger partial charge in [-0.2, -0.15) is 0 Å². The Hall–Kier alpha value is -1.69. The molecule has 6 heteroatoms. The largest absolute Gasteiger partial charge is 0.332 e. The van der Waals surface area contributed by atoms with Crippen LogP contribution in [0.25, 0.3) is 0 Å². The highest BCUT2D eigenvalue weighted by atomic mass is 32.1. The topological polar surface area (TPSA) is 57.7 Å². The third kappa shape index (κ3) is 4.14. The SMILES string of the molecule is CCCN1CC(=O)N(CCCC(=O)c2cccs2)CC1=O. The number of carbonyl (C=O) groups is 3. The molecule has 1 aromatic heterocycles. The van der Waals surface area contributed by atoms with E-state index in [0.717, 1.165) is 11.3 Å². The van der Waals surface area contributed by atoms with Crippen molar-refractivity contribution in [2.45, 2.75) is 26.2 Å². The molecule has 1 aliphatic rings. The fourth-order valence-electron chi connectivity index (χ4n) is 2.37. The van der Waals surface area contributed by atoms with Gasteiger partial charge in [-0.15, -0.1) is 11.3 Å². The van der Waals surface area contributed by atoms with Crippen molar-refractivity contribution >= 4 is 28.9 Å². The second-order valence-corrected chi connectivity index (χ2v) is 6.08. The van der Waals surface area contributed by atoms with Crippen LogP contribution < -0.4 is 0 Å². The first-order valence-corrected chi connectivity index (χ1v) is 8.12. The van der Waals surface area contributed by atoms with E-state index in [4.69, 9.17) is 0 Å². The van der Waals surface area contributed by atoms with Crippen LogP contribution in [0.2, 0.25) is 0 Å². The zero-order valence-corrected chi connectivity index (χ0v) is 13.0. The molecular formula is C15H20N2O3S. The molecule has 1 aromatic rings. The van der Waals surface area contributed by atoms with Crippen molar-refractivity contribution in [2.75, 3.05) is 26.2 Å². The molecule has 0 atom stereocenters. The number of hydrogen-bond donors (Lipinski definition) is 0. The molecule has 0 spiro atoms. The normalized spacial score (nSPS) is 15.7. The van der Waals surface area contributed by atoms with E-state index < -0.39 is 0 Å². The van der Waals surface area contributed by atoms with Gasteiger partial charge in [-0.3, -0.25) is 14.4 Å². The molecule has 114 valence electrons. The number of thiophene rings is 1. The van der Waals surface area contributed by atoms with Crippen LogP contribution in [0.1, 0.15) is 35.9 Å². The minimum atomic E-state index is -0.0216. The molecule has 1 fully saturated rings. The van der Waals surface area contributed by atoms with Crippen LogP contribution in [-0.4, -0.2) is 53.6 Å². The fourth-order valence-corrected chi connectivity index (χ4v) is 3.07. The smallest absolute Gasteiger partial charge is 0.242 e. The lowest BCUT2D eigenvalue weighted by molar-refractivity contribution is -0.150. The number of hydrogen-bond acceptors (Lipinski definition) is 4. The van der Waals surface area contributed by atoms with Gasteiger partial charge < -0.3 is 9.80 Å². The summed E-state index contributed by atoms with van der Waals surface area (Å²) in [5.41, 5.74) is 0. The van der Waals surface area contributed by atoms with Crippen LogP contribution in [0.15, 0.2) is 17.5 Å². The van der Waals surface area contributed by atoms with Crippen molar-refractivity contribution in [3.8, 4) is 0 Å².